The van der Waals surface area contributed by atoms with E-state index in [-0.39, 0.29) is 29.8 Å². The Balaban J connectivity index is 1.93. The van der Waals surface area contributed by atoms with Gasteiger partial charge in [-0.25, -0.2) is 10.2 Å². The number of benzene rings is 2. The zero-order valence-corrected chi connectivity index (χ0v) is 18.0. The highest BCUT2D eigenvalue weighted by Crippen LogP contribution is 2.36. The van der Waals surface area contributed by atoms with Crippen LogP contribution in [0.1, 0.15) is 5.56 Å². The summed E-state index contributed by atoms with van der Waals surface area (Å²) in [6.07, 6.45) is 1.41. The fourth-order valence-corrected chi connectivity index (χ4v) is 2.65. The van der Waals surface area contributed by atoms with E-state index in [0.717, 1.165) is 10.2 Å². The molecule has 0 saturated carbocycles. The fraction of sp³-hybridized carbons (Fsp3) is 0.211. The standard InChI is InChI=1S/C19H19BrClN3O5/c1-27-16-8-12(7-15(21)19(16)29-11-18(26)28-2)9-23-24-17(25)10-22-14-5-3-13(20)4-6-14/h3-9,22H,10-11H2,1-2H3,(H,24,25)/b23-9-. The number of halogens is 2. The number of hydrogen-bond donors (Lipinski definition) is 2. The van der Waals surface area contributed by atoms with Crippen molar-refractivity contribution < 1.29 is 23.8 Å². The quantitative estimate of drug-likeness (QED) is 0.322. The minimum absolute atomic E-state index is 0.0589. The van der Waals surface area contributed by atoms with Crippen molar-refractivity contribution in [3.8, 4) is 11.5 Å². The van der Waals surface area contributed by atoms with Crippen LogP contribution in [-0.2, 0) is 14.3 Å². The first kappa shape index (κ1) is 22.5. The van der Waals surface area contributed by atoms with Crippen LogP contribution in [0.25, 0.3) is 0 Å². The number of nitrogens with one attached hydrogen (secondary N) is 2. The maximum Gasteiger partial charge on any atom is 0.343 e. The second-order valence-electron chi connectivity index (χ2n) is 5.55. The van der Waals surface area contributed by atoms with Gasteiger partial charge in [-0.05, 0) is 42.0 Å². The number of hydrogen-bond acceptors (Lipinski definition) is 7. The molecule has 0 radical (unpaired) electrons. The molecular weight excluding hydrogens is 466 g/mol. The van der Waals surface area contributed by atoms with Crippen LogP contribution < -0.4 is 20.2 Å². The van der Waals surface area contributed by atoms with Crippen LogP contribution in [0.5, 0.6) is 11.5 Å². The average Bonchev–Trinajstić information content (AvgIpc) is 2.71. The largest absolute Gasteiger partial charge is 0.493 e. The van der Waals surface area contributed by atoms with Crippen LogP contribution in [0.15, 0.2) is 46.0 Å². The third kappa shape index (κ3) is 7.28. The van der Waals surface area contributed by atoms with Crippen molar-refractivity contribution in [2.45, 2.75) is 0 Å². The molecule has 0 unspecified atom stereocenters. The Hall–Kier alpha value is -2.78. The lowest BCUT2D eigenvalue weighted by molar-refractivity contribution is -0.142. The molecule has 1 amide bonds. The summed E-state index contributed by atoms with van der Waals surface area (Å²) in [4.78, 5) is 23.1. The summed E-state index contributed by atoms with van der Waals surface area (Å²) in [7, 11) is 2.69. The third-order valence-corrected chi connectivity index (χ3v) is 4.32. The van der Waals surface area contributed by atoms with Crippen molar-refractivity contribution in [1.29, 1.82) is 0 Å². The van der Waals surface area contributed by atoms with Gasteiger partial charge in [-0.1, -0.05) is 27.5 Å². The first-order valence-corrected chi connectivity index (χ1v) is 9.48. The third-order valence-electron chi connectivity index (χ3n) is 3.51. The number of anilines is 1. The van der Waals surface area contributed by atoms with Crippen LogP contribution in [-0.4, -0.2) is 45.5 Å². The molecule has 0 aliphatic carbocycles. The topological polar surface area (TPSA) is 98.3 Å². The Morgan fingerprint density at radius 2 is 1.93 bits per heavy atom. The summed E-state index contributed by atoms with van der Waals surface area (Å²) in [6.45, 7) is -0.245. The summed E-state index contributed by atoms with van der Waals surface area (Å²) in [5, 5.41) is 7.10. The van der Waals surface area contributed by atoms with Crippen LogP contribution >= 0.6 is 27.5 Å². The fourth-order valence-electron chi connectivity index (χ4n) is 2.11. The SMILES string of the molecule is COC(=O)COc1c(Cl)cc(/C=N\NC(=O)CNc2ccc(Br)cc2)cc1OC. The van der Waals surface area contributed by atoms with Crippen molar-refractivity contribution in [2.75, 3.05) is 32.7 Å². The Bertz CT molecular complexity index is 890. The molecule has 0 aliphatic rings. The second kappa shape index (κ2) is 11.3. The Labute approximate surface area is 181 Å². The molecule has 2 N–H and O–H groups in total. The van der Waals surface area contributed by atoms with E-state index < -0.39 is 5.97 Å². The van der Waals surface area contributed by atoms with Crippen LogP contribution in [0, 0.1) is 0 Å². The van der Waals surface area contributed by atoms with Gasteiger partial charge in [-0.3, -0.25) is 4.79 Å². The summed E-state index contributed by atoms with van der Waals surface area (Å²) in [5.74, 6) is -0.348. The molecule has 8 nitrogen and oxygen atoms in total. The maximum atomic E-state index is 11.9. The molecule has 0 aromatic heterocycles. The van der Waals surface area contributed by atoms with E-state index in [0.29, 0.717) is 11.3 Å². The van der Waals surface area contributed by atoms with Gasteiger partial charge in [0.2, 0.25) is 0 Å². The van der Waals surface area contributed by atoms with Gasteiger partial charge in [0.25, 0.3) is 5.91 Å². The van der Waals surface area contributed by atoms with E-state index in [1.807, 2.05) is 24.3 Å². The van der Waals surface area contributed by atoms with Crippen molar-refractivity contribution in [3.05, 3.63) is 51.5 Å². The lowest BCUT2D eigenvalue weighted by Gasteiger charge is -2.12. The molecule has 0 spiro atoms. The summed E-state index contributed by atoms with van der Waals surface area (Å²) < 4.78 is 16.0. The average molecular weight is 485 g/mol. The van der Waals surface area contributed by atoms with E-state index in [9.17, 15) is 9.59 Å². The molecule has 0 fully saturated rings. The van der Waals surface area contributed by atoms with Gasteiger partial charge >= 0.3 is 5.97 Å². The number of ether oxygens (including phenoxy) is 3. The summed E-state index contributed by atoms with van der Waals surface area (Å²) in [5.41, 5.74) is 3.79. The Morgan fingerprint density at radius 3 is 2.59 bits per heavy atom. The molecule has 0 aliphatic heterocycles. The Kier molecular flexibility index (Phi) is 8.75. The number of hydrazone groups is 1. The number of amides is 1. The number of rotatable bonds is 9. The second-order valence-corrected chi connectivity index (χ2v) is 6.88. The van der Waals surface area contributed by atoms with Crippen molar-refractivity contribution in [2.24, 2.45) is 5.10 Å². The minimum Gasteiger partial charge on any atom is -0.493 e. The summed E-state index contributed by atoms with van der Waals surface area (Å²) >= 11 is 9.54. The van der Waals surface area contributed by atoms with Crippen LogP contribution in [0.3, 0.4) is 0 Å². The highest BCUT2D eigenvalue weighted by Gasteiger charge is 2.13. The van der Waals surface area contributed by atoms with Gasteiger partial charge in [-0.2, -0.15) is 5.10 Å². The lowest BCUT2D eigenvalue weighted by Crippen LogP contribution is -2.25. The molecule has 2 aromatic rings. The number of carbonyl (C=O) groups is 2. The predicted molar refractivity (Wildman–Crippen MR) is 114 cm³/mol. The predicted octanol–water partition coefficient (Wildman–Crippen LogP) is 3.23. The lowest BCUT2D eigenvalue weighted by atomic mass is 10.2. The number of nitrogens with zero attached hydrogens (tertiary/aromatic N) is 1. The van der Waals surface area contributed by atoms with Gasteiger partial charge in [0, 0.05) is 10.2 Å². The number of methoxy groups -OCH3 is 2. The van der Waals surface area contributed by atoms with Crippen LogP contribution in [0.4, 0.5) is 5.69 Å². The molecule has 2 rings (SSSR count). The van der Waals surface area contributed by atoms with Crippen molar-refractivity contribution >= 4 is 51.3 Å². The van der Waals surface area contributed by atoms with Crippen molar-refractivity contribution in [3.63, 3.8) is 0 Å². The monoisotopic (exact) mass is 483 g/mol. The van der Waals surface area contributed by atoms with Gasteiger partial charge in [0.15, 0.2) is 18.1 Å². The van der Waals surface area contributed by atoms with Gasteiger partial charge < -0.3 is 19.5 Å². The van der Waals surface area contributed by atoms with Crippen LogP contribution in [0.2, 0.25) is 5.02 Å². The van der Waals surface area contributed by atoms with Gasteiger partial charge in [0.05, 0.1) is 32.0 Å². The molecule has 29 heavy (non-hydrogen) atoms. The van der Waals surface area contributed by atoms with E-state index in [4.69, 9.17) is 21.1 Å². The van der Waals surface area contributed by atoms with E-state index in [2.05, 4.69) is 36.5 Å². The maximum absolute atomic E-state index is 11.9. The first-order chi connectivity index (χ1) is 13.9. The van der Waals surface area contributed by atoms with E-state index in [1.165, 1.54) is 20.4 Å². The molecule has 0 saturated heterocycles. The zero-order chi connectivity index (χ0) is 21.2. The summed E-state index contributed by atoms with van der Waals surface area (Å²) in [6, 6.07) is 10.6. The molecular formula is C19H19BrClN3O5. The zero-order valence-electron chi connectivity index (χ0n) is 15.7. The molecule has 0 bridgehead atoms. The highest BCUT2D eigenvalue weighted by molar-refractivity contribution is 9.10. The molecule has 154 valence electrons. The molecule has 10 heteroatoms. The normalized spacial score (nSPS) is 10.5. The molecule has 0 heterocycles. The molecule has 0 atom stereocenters. The minimum atomic E-state index is -0.548. The molecule has 2 aromatic carbocycles. The number of carbonyl (C=O) groups excluding carboxylic acids is 2. The first-order valence-electron chi connectivity index (χ1n) is 8.31. The number of esters is 1. The van der Waals surface area contributed by atoms with Gasteiger partial charge in [-0.15, -0.1) is 0 Å². The van der Waals surface area contributed by atoms with E-state index in [1.54, 1.807) is 12.1 Å². The van der Waals surface area contributed by atoms with E-state index >= 15 is 0 Å². The highest BCUT2D eigenvalue weighted by atomic mass is 79.9. The smallest absolute Gasteiger partial charge is 0.343 e. The van der Waals surface area contributed by atoms with Crippen molar-refractivity contribution in [1.82, 2.24) is 5.43 Å². The Morgan fingerprint density at radius 1 is 1.21 bits per heavy atom. The van der Waals surface area contributed by atoms with Gasteiger partial charge in [0.1, 0.15) is 0 Å².